The number of fused-ring (bicyclic) bond motifs is 8. The van der Waals surface area contributed by atoms with Gasteiger partial charge in [0.15, 0.2) is 0 Å². The van der Waals surface area contributed by atoms with Crippen molar-refractivity contribution in [2.24, 2.45) is 0 Å². The highest BCUT2D eigenvalue weighted by molar-refractivity contribution is 6.21. The van der Waals surface area contributed by atoms with E-state index in [0.717, 1.165) is 94.3 Å². The Bertz CT molecular complexity index is 3310. The van der Waals surface area contributed by atoms with E-state index in [1.165, 1.54) is 44.2 Å². The summed E-state index contributed by atoms with van der Waals surface area (Å²) in [4.78, 5) is 4.74. The second-order valence-electron chi connectivity index (χ2n) is 17.1. The summed E-state index contributed by atoms with van der Waals surface area (Å²) in [5, 5.41) is 9.08. The lowest BCUT2D eigenvalue weighted by atomic mass is 9.98. The third kappa shape index (κ3) is 6.13. The molecule has 296 valence electrons. The molecule has 0 fully saturated rings. The van der Waals surface area contributed by atoms with E-state index in [9.17, 15) is 0 Å². The Morgan fingerprint density at radius 1 is 0.328 bits per heavy atom. The standard InChI is InChI=1S/C57H46N2O2/c1-33-20-34(2)23-46(22-33)58(50-14-10-8-12-37(50)5)44-18-16-40-28-48-52(30-42(40)26-44)60-54-32-55-57(39(7)56(48)54)49-29-41-17-19-45(27-43(41)31-53(49)61-55)59(51-15-11-9-13-38(51)6)47-24-35(3)21-36(4)25-47/h8-32H,1-7H3. The van der Waals surface area contributed by atoms with E-state index in [1.807, 2.05) is 0 Å². The first-order chi connectivity index (χ1) is 29.6. The molecule has 9 aromatic carbocycles. The first-order valence-electron chi connectivity index (χ1n) is 21.1. The lowest BCUT2D eigenvalue weighted by Gasteiger charge is -2.28. The number of hydrogen-bond donors (Lipinski definition) is 0. The molecule has 0 bridgehead atoms. The van der Waals surface area contributed by atoms with Gasteiger partial charge in [0.25, 0.3) is 0 Å². The first kappa shape index (κ1) is 36.8. The van der Waals surface area contributed by atoms with Gasteiger partial charge in [0.2, 0.25) is 0 Å². The number of benzene rings is 9. The molecule has 4 nitrogen and oxygen atoms in total. The van der Waals surface area contributed by atoms with Crippen molar-refractivity contribution in [3.05, 3.63) is 191 Å². The Labute approximate surface area is 355 Å². The molecule has 0 aliphatic rings. The molecular formula is C57H46N2O2. The molecule has 0 atom stereocenters. The van der Waals surface area contributed by atoms with Gasteiger partial charge in [-0.25, -0.2) is 0 Å². The van der Waals surface area contributed by atoms with Crippen LogP contribution in [0.15, 0.2) is 160 Å². The van der Waals surface area contributed by atoms with Gasteiger partial charge in [0, 0.05) is 61.7 Å². The van der Waals surface area contributed by atoms with Gasteiger partial charge in [0.05, 0.1) is 0 Å². The Kier molecular flexibility index (Phi) is 8.37. The van der Waals surface area contributed by atoms with Crippen molar-refractivity contribution >= 4 is 99.5 Å². The first-order valence-corrected chi connectivity index (χ1v) is 21.1. The number of nitrogens with zero attached hydrogens (tertiary/aromatic N) is 2. The molecule has 61 heavy (non-hydrogen) atoms. The molecule has 0 aliphatic carbocycles. The average molecular weight is 791 g/mol. The van der Waals surface area contributed by atoms with E-state index in [1.54, 1.807) is 0 Å². The highest BCUT2D eigenvalue weighted by Gasteiger charge is 2.21. The smallest absolute Gasteiger partial charge is 0.139 e. The van der Waals surface area contributed by atoms with Crippen LogP contribution in [0.4, 0.5) is 34.1 Å². The molecule has 0 N–H and O–H groups in total. The summed E-state index contributed by atoms with van der Waals surface area (Å²) < 4.78 is 13.4. The van der Waals surface area contributed by atoms with Crippen LogP contribution in [0, 0.1) is 48.5 Å². The van der Waals surface area contributed by atoms with Crippen LogP contribution in [0.5, 0.6) is 0 Å². The van der Waals surface area contributed by atoms with Crippen molar-refractivity contribution < 1.29 is 8.83 Å². The van der Waals surface area contributed by atoms with Gasteiger partial charge >= 0.3 is 0 Å². The summed E-state index contributed by atoms with van der Waals surface area (Å²) in [5.41, 5.74) is 18.8. The second kappa shape index (κ2) is 13.9. The highest BCUT2D eigenvalue weighted by Crippen LogP contribution is 2.45. The van der Waals surface area contributed by atoms with E-state index >= 15 is 0 Å². The van der Waals surface area contributed by atoms with Crippen LogP contribution in [0.3, 0.4) is 0 Å². The molecular weight excluding hydrogens is 745 g/mol. The number of anilines is 6. The minimum Gasteiger partial charge on any atom is -0.456 e. The zero-order valence-electron chi connectivity index (χ0n) is 35.6. The summed E-state index contributed by atoms with van der Waals surface area (Å²) in [6.07, 6.45) is 0. The molecule has 11 rings (SSSR count). The fourth-order valence-electron chi connectivity index (χ4n) is 9.83. The number of rotatable bonds is 6. The predicted molar refractivity (Wildman–Crippen MR) is 259 cm³/mol. The van der Waals surface area contributed by atoms with Gasteiger partial charge in [-0.1, -0.05) is 60.7 Å². The van der Waals surface area contributed by atoms with Crippen LogP contribution < -0.4 is 9.80 Å². The lowest BCUT2D eigenvalue weighted by molar-refractivity contribution is 0.656. The largest absolute Gasteiger partial charge is 0.456 e. The number of para-hydroxylation sites is 2. The molecule has 0 amide bonds. The van der Waals surface area contributed by atoms with Crippen molar-refractivity contribution in [3.63, 3.8) is 0 Å². The monoisotopic (exact) mass is 790 g/mol. The Morgan fingerprint density at radius 2 is 0.738 bits per heavy atom. The molecule has 2 heterocycles. The van der Waals surface area contributed by atoms with Crippen LogP contribution in [0.1, 0.15) is 38.9 Å². The van der Waals surface area contributed by atoms with Gasteiger partial charge in [-0.3, -0.25) is 0 Å². The van der Waals surface area contributed by atoms with Crippen LogP contribution in [0.25, 0.3) is 65.4 Å². The quantitative estimate of drug-likeness (QED) is 0.168. The van der Waals surface area contributed by atoms with Crippen LogP contribution >= 0.6 is 0 Å². The molecule has 0 radical (unpaired) electrons. The lowest BCUT2D eigenvalue weighted by Crippen LogP contribution is -2.11. The maximum atomic E-state index is 6.72. The Balaban J connectivity index is 1.03. The van der Waals surface area contributed by atoms with Gasteiger partial charge in [-0.05, 0) is 194 Å². The van der Waals surface area contributed by atoms with Gasteiger partial charge < -0.3 is 18.6 Å². The zero-order chi connectivity index (χ0) is 41.7. The van der Waals surface area contributed by atoms with Crippen LogP contribution in [-0.2, 0) is 0 Å². The van der Waals surface area contributed by atoms with Crippen molar-refractivity contribution in [2.45, 2.75) is 48.5 Å². The molecule has 11 aromatic rings. The SMILES string of the molecule is Cc1cc(C)cc(N(c2ccc3cc4c(cc3c2)oc2cc3oc5cc6cc(N(c7cc(C)cc(C)c7)c7ccccc7C)ccc6cc5c3c(C)c24)c2ccccc2C)c1. The number of furan rings is 2. The molecule has 0 saturated heterocycles. The highest BCUT2D eigenvalue weighted by atomic mass is 16.3. The second-order valence-corrected chi connectivity index (χ2v) is 17.1. The number of aryl methyl sites for hydroxylation is 7. The third-order valence-electron chi connectivity index (χ3n) is 12.5. The molecule has 0 spiro atoms. The molecule has 2 aromatic heterocycles. The van der Waals surface area contributed by atoms with Gasteiger partial charge in [-0.15, -0.1) is 0 Å². The summed E-state index contributed by atoms with van der Waals surface area (Å²) in [6.45, 7) is 15.2. The normalized spacial score (nSPS) is 11.9. The maximum absolute atomic E-state index is 6.72. The maximum Gasteiger partial charge on any atom is 0.139 e. The fraction of sp³-hybridized carbons (Fsp3) is 0.123. The minimum atomic E-state index is 0.834. The van der Waals surface area contributed by atoms with E-state index in [-0.39, 0.29) is 0 Å². The molecule has 0 unspecified atom stereocenters. The van der Waals surface area contributed by atoms with Crippen LogP contribution in [0.2, 0.25) is 0 Å². The van der Waals surface area contributed by atoms with E-state index in [0.29, 0.717) is 0 Å². The Hall–Kier alpha value is -7.30. The summed E-state index contributed by atoms with van der Waals surface area (Å²) in [6, 6.07) is 55.4. The molecule has 4 heteroatoms. The summed E-state index contributed by atoms with van der Waals surface area (Å²) in [5.74, 6) is 0. The predicted octanol–water partition coefficient (Wildman–Crippen LogP) is 16.9. The van der Waals surface area contributed by atoms with Crippen molar-refractivity contribution in [1.29, 1.82) is 0 Å². The van der Waals surface area contributed by atoms with Crippen molar-refractivity contribution in [2.75, 3.05) is 9.80 Å². The summed E-state index contributed by atoms with van der Waals surface area (Å²) >= 11 is 0. The van der Waals surface area contributed by atoms with Crippen molar-refractivity contribution in [1.82, 2.24) is 0 Å². The van der Waals surface area contributed by atoms with E-state index in [2.05, 4.69) is 210 Å². The Morgan fingerprint density at radius 3 is 1.15 bits per heavy atom. The topological polar surface area (TPSA) is 32.8 Å². The molecule has 0 aliphatic heterocycles. The molecule has 0 saturated carbocycles. The third-order valence-corrected chi connectivity index (χ3v) is 12.5. The fourth-order valence-corrected chi connectivity index (χ4v) is 9.83. The van der Waals surface area contributed by atoms with E-state index < -0.39 is 0 Å². The minimum absolute atomic E-state index is 0.834. The van der Waals surface area contributed by atoms with Crippen molar-refractivity contribution in [3.8, 4) is 0 Å². The van der Waals surface area contributed by atoms with Crippen LogP contribution in [-0.4, -0.2) is 0 Å². The number of hydrogen-bond acceptors (Lipinski definition) is 4. The van der Waals surface area contributed by atoms with E-state index in [4.69, 9.17) is 8.83 Å². The average Bonchev–Trinajstić information content (AvgIpc) is 3.77. The van der Waals surface area contributed by atoms with Gasteiger partial charge in [0.1, 0.15) is 22.3 Å². The zero-order valence-corrected chi connectivity index (χ0v) is 35.6. The van der Waals surface area contributed by atoms with Gasteiger partial charge in [-0.2, -0.15) is 0 Å². The summed E-state index contributed by atoms with van der Waals surface area (Å²) in [7, 11) is 0.